The summed E-state index contributed by atoms with van der Waals surface area (Å²) in [5.74, 6) is 0. The van der Waals surface area contributed by atoms with E-state index in [1.165, 1.54) is 0 Å². The Morgan fingerprint density at radius 1 is 1.50 bits per heavy atom. The third-order valence-electron chi connectivity index (χ3n) is 1.28. The first kappa shape index (κ1) is 9.85. The number of rotatable bonds is 5. The summed E-state index contributed by atoms with van der Waals surface area (Å²) >= 11 is 0. The SMILES string of the molecule is CC(O)CC(C)NCCF. The van der Waals surface area contributed by atoms with Crippen LogP contribution in [0.1, 0.15) is 20.3 Å². The van der Waals surface area contributed by atoms with Crippen molar-refractivity contribution in [3.8, 4) is 0 Å². The fraction of sp³-hybridized carbons (Fsp3) is 1.00. The quantitative estimate of drug-likeness (QED) is 0.603. The first-order chi connectivity index (χ1) is 4.66. The molecule has 0 saturated carbocycles. The molecule has 0 heterocycles. The van der Waals surface area contributed by atoms with Crippen molar-refractivity contribution in [3.63, 3.8) is 0 Å². The lowest BCUT2D eigenvalue weighted by Crippen LogP contribution is -2.30. The minimum atomic E-state index is -0.343. The molecule has 0 aliphatic heterocycles. The molecule has 2 atom stereocenters. The molecule has 0 radical (unpaired) electrons. The van der Waals surface area contributed by atoms with E-state index in [0.717, 1.165) is 0 Å². The van der Waals surface area contributed by atoms with Gasteiger partial charge in [-0.3, -0.25) is 0 Å². The minimum absolute atomic E-state index is 0.204. The highest BCUT2D eigenvalue weighted by molar-refractivity contribution is 4.62. The molecule has 0 spiro atoms. The lowest BCUT2D eigenvalue weighted by Gasteiger charge is -2.13. The van der Waals surface area contributed by atoms with Gasteiger partial charge in [0.25, 0.3) is 0 Å². The van der Waals surface area contributed by atoms with Gasteiger partial charge in [-0.15, -0.1) is 0 Å². The number of alkyl halides is 1. The maximum atomic E-state index is 11.6. The average molecular weight is 149 g/mol. The molecule has 2 nitrogen and oxygen atoms in total. The lowest BCUT2D eigenvalue weighted by atomic mass is 10.1. The zero-order valence-corrected chi connectivity index (χ0v) is 6.60. The monoisotopic (exact) mass is 149 g/mol. The molecule has 0 aromatic heterocycles. The van der Waals surface area contributed by atoms with Crippen LogP contribution in [0.15, 0.2) is 0 Å². The maximum absolute atomic E-state index is 11.6. The summed E-state index contributed by atoms with van der Waals surface area (Å²) in [6.07, 6.45) is 0.377. The molecule has 0 amide bonds. The molecule has 0 aliphatic rings. The van der Waals surface area contributed by atoms with Crippen molar-refractivity contribution in [1.29, 1.82) is 0 Å². The van der Waals surface area contributed by atoms with Gasteiger partial charge in [-0.25, -0.2) is 4.39 Å². The first-order valence-corrected chi connectivity index (χ1v) is 3.64. The first-order valence-electron chi connectivity index (χ1n) is 3.64. The number of hydrogen-bond acceptors (Lipinski definition) is 2. The molecule has 2 unspecified atom stereocenters. The van der Waals surface area contributed by atoms with Crippen molar-refractivity contribution in [2.24, 2.45) is 0 Å². The zero-order valence-electron chi connectivity index (χ0n) is 6.60. The van der Waals surface area contributed by atoms with E-state index in [1.807, 2.05) is 6.92 Å². The molecule has 0 rings (SSSR count). The highest BCUT2D eigenvalue weighted by atomic mass is 19.1. The Balaban J connectivity index is 3.16. The maximum Gasteiger partial charge on any atom is 0.102 e. The van der Waals surface area contributed by atoms with Crippen molar-refractivity contribution in [1.82, 2.24) is 5.32 Å². The lowest BCUT2D eigenvalue weighted by molar-refractivity contribution is 0.170. The van der Waals surface area contributed by atoms with Crippen LogP contribution in [0.3, 0.4) is 0 Å². The Bertz CT molecular complexity index is 78.0. The van der Waals surface area contributed by atoms with Gasteiger partial charge < -0.3 is 10.4 Å². The Morgan fingerprint density at radius 3 is 2.50 bits per heavy atom. The number of nitrogens with one attached hydrogen (secondary N) is 1. The van der Waals surface area contributed by atoms with Crippen LogP contribution in [0, 0.1) is 0 Å². The van der Waals surface area contributed by atoms with Gasteiger partial charge in [-0.05, 0) is 20.3 Å². The molecular weight excluding hydrogens is 133 g/mol. The Labute approximate surface area is 61.4 Å². The zero-order chi connectivity index (χ0) is 7.98. The third kappa shape index (κ3) is 5.98. The second-order valence-corrected chi connectivity index (χ2v) is 2.63. The van der Waals surface area contributed by atoms with Crippen LogP contribution in [0.5, 0.6) is 0 Å². The normalized spacial score (nSPS) is 16.8. The predicted octanol–water partition coefficient (Wildman–Crippen LogP) is 0.705. The van der Waals surface area contributed by atoms with Crippen molar-refractivity contribution in [3.05, 3.63) is 0 Å². The largest absolute Gasteiger partial charge is 0.393 e. The summed E-state index contributed by atoms with van der Waals surface area (Å²) in [5, 5.41) is 11.8. The molecule has 0 bridgehead atoms. The molecule has 0 fully saturated rings. The summed E-state index contributed by atoms with van der Waals surface area (Å²) in [5.41, 5.74) is 0. The molecular formula is C7H16FNO. The van der Waals surface area contributed by atoms with Gasteiger partial charge in [0.15, 0.2) is 0 Å². The van der Waals surface area contributed by atoms with Crippen LogP contribution in [-0.4, -0.2) is 30.5 Å². The van der Waals surface area contributed by atoms with Gasteiger partial charge in [0.05, 0.1) is 6.10 Å². The summed E-state index contributed by atoms with van der Waals surface area (Å²) in [4.78, 5) is 0. The van der Waals surface area contributed by atoms with Gasteiger partial charge in [-0.1, -0.05) is 0 Å². The standard InChI is InChI=1S/C7H16FNO/c1-6(5-7(2)10)9-4-3-8/h6-7,9-10H,3-5H2,1-2H3. The van der Waals surface area contributed by atoms with E-state index in [9.17, 15) is 4.39 Å². The van der Waals surface area contributed by atoms with Crippen molar-refractivity contribution in [2.75, 3.05) is 13.2 Å². The Morgan fingerprint density at radius 2 is 2.10 bits per heavy atom. The minimum Gasteiger partial charge on any atom is -0.393 e. The van der Waals surface area contributed by atoms with Crippen LogP contribution in [-0.2, 0) is 0 Å². The number of aliphatic hydroxyl groups is 1. The van der Waals surface area contributed by atoms with Gasteiger partial charge in [0.1, 0.15) is 6.67 Å². The number of hydrogen-bond donors (Lipinski definition) is 2. The van der Waals surface area contributed by atoms with E-state index in [2.05, 4.69) is 5.32 Å². The molecule has 10 heavy (non-hydrogen) atoms. The van der Waals surface area contributed by atoms with E-state index in [1.54, 1.807) is 6.92 Å². The van der Waals surface area contributed by atoms with Crippen LogP contribution in [0.25, 0.3) is 0 Å². The van der Waals surface area contributed by atoms with Crippen LogP contribution in [0.4, 0.5) is 4.39 Å². The highest BCUT2D eigenvalue weighted by Gasteiger charge is 2.03. The second kappa shape index (κ2) is 5.62. The molecule has 0 saturated heterocycles. The second-order valence-electron chi connectivity index (χ2n) is 2.63. The molecule has 2 N–H and O–H groups in total. The molecule has 0 aromatic carbocycles. The molecule has 0 aliphatic carbocycles. The van der Waals surface area contributed by atoms with Crippen LogP contribution in [0.2, 0.25) is 0 Å². The van der Waals surface area contributed by atoms with E-state index >= 15 is 0 Å². The molecule has 3 heteroatoms. The summed E-state index contributed by atoms with van der Waals surface area (Å²) in [7, 11) is 0. The van der Waals surface area contributed by atoms with Gasteiger partial charge >= 0.3 is 0 Å². The van der Waals surface area contributed by atoms with E-state index < -0.39 is 0 Å². The van der Waals surface area contributed by atoms with Crippen molar-refractivity contribution < 1.29 is 9.50 Å². The summed E-state index contributed by atoms with van der Waals surface area (Å²) in [6, 6.07) is 0.204. The van der Waals surface area contributed by atoms with Crippen LogP contribution < -0.4 is 5.32 Å². The van der Waals surface area contributed by atoms with Gasteiger partial charge in [0, 0.05) is 12.6 Å². The Hall–Kier alpha value is -0.150. The predicted molar refractivity (Wildman–Crippen MR) is 39.7 cm³/mol. The topological polar surface area (TPSA) is 32.3 Å². The van der Waals surface area contributed by atoms with Gasteiger partial charge in [-0.2, -0.15) is 0 Å². The molecule has 62 valence electrons. The van der Waals surface area contributed by atoms with E-state index in [0.29, 0.717) is 13.0 Å². The smallest absolute Gasteiger partial charge is 0.102 e. The molecule has 0 aromatic rings. The fourth-order valence-electron chi connectivity index (χ4n) is 0.896. The Kier molecular flexibility index (Phi) is 5.54. The third-order valence-corrected chi connectivity index (χ3v) is 1.28. The number of aliphatic hydroxyl groups excluding tert-OH is 1. The highest BCUT2D eigenvalue weighted by Crippen LogP contribution is 1.95. The van der Waals surface area contributed by atoms with Crippen molar-refractivity contribution >= 4 is 0 Å². The summed E-state index contributed by atoms with van der Waals surface area (Å²) in [6.45, 7) is 3.70. The van der Waals surface area contributed by atoms with E-state index in [-0.39, 0.29) is 18.8 Å². The number of halogens is 1. The fourth-order valence-corrected chi connectivity index (χ4v) is 0.896. The summed E-state index contributed by atoms with van der Waals surface area (Å²) < 4.78 is 11.6. The van der Waals surface area contributed by atoms with Crippen LogP contribution >= 0.6 is 0 Å². The van der Waals surface area contributed by atoms with Gasteiger partial charge in [0.2, 0.25) is 0 Å². The average Bonchev–Trinajstić information content (AvgIpc) is 1.82. The van der Waals surface area contributed by atoms with Crippen molar-refractivity contribution in [2.45, 2.75) is 32.4 Å². The van der Waals surface area contributed by atoms with E-state index in [4.69, 9.17) is 5.11 Å².